The number of nitrogens with two attached hydrogens (primary N) is 1. The van der Waals surface area contributed by atoms with Crippen LogP contribution in [-0.4, -0.2) is 42.1 Å². The minimum absolute atomic E-state index is 0.133. The quantitative estimate of drug-likeness (QED) is 0.326. The second-order valence-corrected chi connectivity index (χ2v) is 6.91. The van der Waals surface area contributed by atoms with Crippen LogP contribution in [0.3, 0.4) is 0 Å². The monoisotopic (exact) mass is 391 g/mol. The van der Waals surface area contributed by atoms with E-state index in [2.05, 4.69) is 15.1 Å². The number of hydrogen-bond acceptors (Lipinski definition) is 6. The molecule has 0 bridgehead atoms. The van der Waals surface area contributed by atoms with Crippen molar-refractivity contribution in [1.82, 2.24) is 14.5 Å². The molecule has 8 nitrogen and oxygen atoms in total. The van der Waals surface area contributed by atoms with E-state index in [0.717, 1.165) is 12.1 Å². The van der Waals surface area contributed by atoms with E-state index in [1.165, 1.54) is 12.4 Å². The molecule has 2 aromatic heterocycles. The highest BCUT2D eigenvalue weighted by molar-refractivity contribution is 5.74. The van der Waals surface area contributed by atoms with Crippen LogP contribution in [0.4, 0.5) is 8.78 Å². The number of halogens is 2. The predicted molar refractivity (Wildman–Crippen MR) is 94.3 cm³/mol. The van der Waals surface area contributed by atoms with Crippen molar-refractivity contribution in [3.05, 3.63) is 59.5 Å². The Morgan fingerprint density at radius 2 is 2.00 bits per heavy atom. The first kappa shape index (κ1) is 18.5. The molecule has 6 N–H and O–H groups in total. The minimum Gasteiger partial charge on any atom is -0.390 e. The number of benzene rings is 1. The first-order valence-electron chi connectivity index (χ1n) is 8.69. The lowest BCUT2D eigenvalue weighted by Gasteiger charge is -2.22. The van der Waals surface area contributed by atoms with Crippen molar-refractivity contribution in [2.75, 3.05) is 0 Å². The smallest absolute Gasteiger partial charge is 0.183 e. The van der Waals surface area contributed by atoms with Crippen molar-refractivity contribution < 1.29 is 24.1 Å². The van der Waals surface area contributed by atoms with Gasteiger partial charge in [-0.25, -0.2) is 13.8 Å². The van der Waals surface area contributed by atoms with Gasteiger partial charge in [-0.1, -0.05) is 6.07 Å². The Bertz CT molecular complexity index is 1080. The number of nitrogens with zero attached hydrogens (tertiary/aromatic N) is 3. The van der Waals surface area contributed by atoms with E-state index >= 15 is 0 Å². The summed E-state index contributed by atoms with van der Waals surface area (Å²) in [4.78, 5) is 6.98. The van der Waals surface area contributed by atoms with Gasteiger partial charge in [0.25, 0.3) is 0 Å². The van der Waals surface area contributed by atoms with Crippen LogP contribution in [0.5, 0.6) is 0 Å². The van der Waals surface area contributed by atoms with Gasteiger partial charge < -0.3 is 30.7 Å². The number of rotatable bonds is 3. The first-order valence-corrected chi connectivity index (χ1v) is 8.69. The topological polar surface area (TPSA) is 133 Å². The van der Waals surface area contributed by atoms with Gasteiger partial charge in [-0.05, 0) is 30.2 Å². The molecule has 1 aromatic carbocycles. The molecule has 10 heteroatoms. The largest absolute Gasteiger partial charge is 0.390 e. The van der Waals surface area contributed by atoms with Crippen LogP contribution in [0, 0.1) is 17.6 Å². The molecule has 1 aliphatic carbocycles. The normalized spacial score (nSPS) is 26.8. The van der Waals surface area contributed by atoms with Crippen molar-refractivity contribution in [3.63, 3.8) is 0 Å². The van der Waals surface area contributed by atoms with Crippen LogP contribution < -0.4 is 11.3 Å². The lowest BCUT2D eigenvalue weighted by Crippen LogP contribution is -2.31. The van der Waals surface area contributed by atoms with E-state index in [1.54, 1.807) is 16.8 Å². The number of aromatic amines is 1. The van der Waals surface area contributed by atoms with Gasteiger partial charge in [0.15, 0.2) is 17.1 Å². The number of nitrogens with one attached hydrogen (secondary N) is 1. The predicted octanol–water partition coefficient (Wildman–Crippen LogP) is 0.433. The first-order chi connectivity index (χ1) is 13.4. The third-order valence-corrected chi connectivity index (χ3v) is 5.41. The lowest BCUT2D eigenvalue weighted by molar-refractivity contribution is -0.0265. The van der Waals surface area contributed by atoms with Crippen LogP contribution in [0.25, 0.3) is 11.0 Å². The third kappa shape index (κ3) is 2.86. The number of hydrogen-bond donors (Lipinski definition) is 5. The van der Waals surface area contributed by atoms with Gasteiger partial charge in [-0.15, -0.1) is 0 Å². The summed E-state index contributed by atoms with van der Waals surface area (Å²) in [7, 11) is 0. The van der Waals surface area contributed by atoms with Crippen molar-refractivity contribution in [2.24, 2.45) is 16.9 Å². The molecule has 0 amide bonds. The second-order valence-electron chi connectivity index (χ2n) is 6.91. The fourth-order valence-electron chi connectivity index (χ4n) is 3.96. The summed E-state index contributed by atoms with van der Waals surface area (Å²) in [6.45, 7) is 0. The van der Waals surface area contributed by atoms with Crippen molar-refractivity contribution in [2.45, 2.75) is 30.8 Å². The van der Waals surface area contributed by atoms with E-state index in [9.17, 15) is 24.1 Å². The van der Waals surface area contributed by atoms with Crippen LogP contribution >= 0.6 is 0 Å². The molecule has 1 saturated carbocycles. The molecule has 4 rings (SSSR count). The number of fused-ring (bicyclic) bond motifs is 1. The van der Waals surface area contributed by atoms with Gasteiger partial charge in [0.05, 0.1) is 30.0 Å². The highest BCUT2D eigenvalue weighted by Gasteiger charge is 2.46. The summed E-state index contributed by atoms with van der Waals surface area (Å²) in [5, 5.41) is 35.9. The highest BCUT2D eigenvalue weighted by atomic mass is 19.2. The Balaban J connectivity index is 1.67. The molecule has 0 aliphatic heterocycles. The molecule has 1 aliphatic rings. The minimum atomic E-state index is -1.27. The van der Waals surface area contributed by atoms with Crippen molar-refractivity contribution >= 4 is 11.0 Å². The molecule has 0 radical (unpaired) electrons. The summed E-state index contributed by atoms with van der Waals surface area (Å²) < 4.78 is 28.4. The fourth-order valence-corrected chi connectivity index (χ4v) is 3.96. The van der Waals surface area contributed by atoms with Gasteiger partial charge >= 0.3 is 0 Å². The number of aromatic nitrogens is 3. The zero-order valence-electron chi connectivity index (χ0n) is 14.6. The molecule has 148 valence electrons. The maximum absolute atomic E-state index is 13.5. The molecule has 3 aromatic rings. The van der Waals surface area contributed by atoms with Gasteiger partial charge in [-0.3, -0.25) is 0 Å². The Morgan fingerprint density at radius 3 is 2.71 bits per heavy atom. The lowest BCUT2D eigenvalue weighted by atomic mass is 9.92. The zero-order chi connectivity index (χ0) is 20.0. The third-order valence-electron chi connectivity index (χ3n) is 5.41. The summed E-state index contributed by atoms with van der Waals surface area (Å²) in [5.74, 6) is 2.45. The van der Waals surface area contributed by atoms with Gasteiger partial charge in [0, 0.05) is 12.1 Å². The van der Waals surface area contributed by atoms with E-state index < -0.39 is 41.9 Å². The number of aliphatic hydroxyl groups excluding tert-OH is 3. The molecule has 5 atom stereocenters. The molecule has 0 saturated heterocycles. The summed E-state index contributed by atoms with van der Waals surface area (Å²) in [6.07, 6.45) is -0.393. The molecule has 28 heavy (non-hydrogen) atoms. The Hall–Kier alpha value is -2.82. The maximum atomic E-state index is 13.5. The summed E-state index contributed by atoms with van der Waals surface area (Å²) in [6, 6.07) is 4.23. The number of aliphatic hydroxyl groups is 3. The SMILES string of the molecule is N/N=c1/nc[nH]c2c1ccn2[C@@H]1C[C@H](C(O)c2ccc(F)c(F)c2)[C@@H](O)[C@H]1O. The van der Waals surface area contributed by atoms with Crippen molar-refractivity contribution in [1.29, 1.82) is 0 Å². The van der Waals surface area contributed by atoms with Crippen LogP contribution in [0.2, 0.25) is 0 Å². The highest BCUT2D eigenvalue weighted by Crippen LogP contribution is 2.43. The molecule has 0 spiro atoms. The molecule has 1 fully saturated rings. The van der Waals surface area contributed by atoms with Crippen LogP contribution in [0.1, 0.15) is 24.1 Å². The van der Waals surface area contributed by atoms with Gasteiger partial charge in [0.2, 0.25) is 0 Å². The summed E-state index contributed by atoms with van der Waals surface area (Å²) >= 11 is 0. The van der Waals surface area contributed by atoms with Crippen LogP contribution in [0.15, 0.2) is 41.9 Å². The molecular formula is C18H19F2N5O3. The molecule has 1 unspecified atom stereocenters. The average molecular weight is 391 g/mol. The number of H-pyrrole nitrogens is 1. The Kier molecular flexibility index (Phi) is 4.61. The van der Waals surface area contributed by atoms with E-state index in [4.69, 9.17) is 5.84 Å². The standard InChI is InChI=1S/C18H19F2N5O3/c19-11-2-1-8(5-12(11)20)14(26)10-6-13(16(28)15(10)27)25-4-3-9-17(24-21)22-7-23-18(9)25/h1-5,7,10,13-16,26-28H,6,21H2,(H,22,23,24)/t10-,13-,14?,15-,16+/m1/s1. The summed E-state index contributed by atoms with van der Waals surface area (Å²) in [5.41, 5.74) is 1.05. The van der Waals surface area contributed by atoms with E-state index in [0.29, 0.717) is 16.5 Å². The van der Waals surface area contributed by atoms with Crippen LogP contribution in [-0.2, 0) is 0 Å². The maximum Gasteiger partial charge on any atom is 0.183 e. The second kappa shape index (κ2) is 6.97. The molecular weight excluding hydrogens is 372 g/mol. The van der Waals surface area contributed by atoms with Gasteiger partial charge in [0.1, 0.15) is 11.8 Å². The fraction of sp³-hybridized carbons (Fsp3) is 0.333. The molecule has 2 heterocycles. The Labute approximate surface area is 157 Å². The van der Waals surface area contributed by atoms with Gasteiger partial charge in [-0.2, -0.15) is 5.10 Å². The van der Waals surface area contributed by atoms with E-state index in [1.807, 2.05) is 0 Å². The zero-order valence-corrected chi connectivity index (χ0v) is 14.6. The Morgan fingerprint density at radius 1 is 1.21 bits per heavy atom. The van der Waals surface area contributed by atoms with Crippen molar-refractivity contribution in [3.8, 4) is 0 Å². The average Bonchev–Trinajstić information content (AvgIpc) is 3.25. The van der Waals surface area contributed by atoms with E-state index in [-0.39, 0.29) is 12.0 Å².